The van der Waals surface area contributed by atoms with Crippen LogP contribution < -0.4 is 16.0 Å². The third kappa shape index (κ3) is 5.29. The minimum Gasteiger partial charge on any atom is -0.368 e. The van der Waals surface area contributed by atoms with Gasteiger partial charge < -0.3 is 16.0 Å². The van der Waals surface area contributed by atoms with E-state index in [-0.39, 0.29) is 18.0 Å². The summed E-state index contributed by atoms with van der Waals surface area (Å²) in [5.74, 6) is 1.60. The molecule has 1 aliphatic rings. The fraction of sp³-hybridized carbons (Fsp3) is 0.500. The highest BCUT2D eigenvalue weighted by Crippen LogP contribution is 2.23. The Labute approximate surface area is 167 Å². The van der Waals surface area contributed by atoms with Crippen molar-refractivity contribution in [3.05, 3.63) is 53.5 Å². The molecule has 28 heavy (non-hydrogen) atoms. The second kappa shape index (κ2) is 9.64. The van der Waals surface area contributed by atoms with Crippen molar-refractivity contribution in [2.45, 2.75) is 58.0 Å². The first kappa shape index (κ1) is 20.3. The lowest BCUT2D eigenvalue weighted by atomic mass is 10.00. The smallest absolute Gasteiger partial charge is 0.234 e. The molecule has 1 aromatic heterocycles. The van der Waals surface area contributed by atoms with Crippen molar-refractivity contribution in [3.63, 3.8) is 0 Å². The zero-order chi connectivity index (χ0) is 19.9. The number of aromatic nitrogens is 2. The van der Waals surface area contributed by atoms with E-state index in [1.807, 2.05) is 43.5 Å². The summed E-state index contributed by atoms with van der Waals surface area (Å²) < 4.78 is 0. The van der Waals surface area contributed by atoms with Gasteiger partial charge in [0, 0.05) is 30.9 Å². The quantitative estimate of drug-likeness (QED) is 0.733. The maximum atomic E-state index is 11.9. The first-order valence-corrected chi connectivity index (χ1v) is 10.2. The van der Waals surface area contributed by atoms with Crippen LogP contribution in [0, 0.1) is 6.92 Å². The fourth-order valence-corrected chi connectivity index (χ4v) is 3.84. The highest BCUT2D eigenvalue weighted by atomic mass is 16.1. The number of primary amides is 1. The summed E-state index contributed by atoms with van der Waals surface area (Å²) in [4.78, 5) is 23.4. The van der Waals surface area contributed by atoms with Gasteiger partial charge in [0.05, 0.1) is 6.04 Å². The Morgan fingerprint density at radius 2 is 2.00 bits per heavy atom. The maximum Gasteiger partial charge on any atom is 0.234 e. The number of rotatable bonds is 8. The van der Waals surface area contributed by atoms with Gasteiger partial charge in [0.25, 0.3) is 0 Å². The topological polar surface area (TPSA) is 84.1 Å². The number of nitrogens with two attached hydrogens (primary N) is 1. The monoisotopic (exact) mass is 381 g/mol. The van der Waals surface area contributed by atoms with E-state index in [9.17, 15) is 4.79 Å². The molecule has 1 atom stereocenters. The molecule has 1 saturated heterocycles. The second-order valence-electron chi connectivity index (χ2n) is 7.59. The van der Waals surface area contributed by atoms with E-state index in [1.54, 1.807) is 0 Å². The van der Waals surface area contributed by atoms with Crippen molar-refractivity contribution in [2.75, 3.05) is 18.0 Å². The molecular formula is C22H31N5O. The fourth-order valence-electron chi connectivity index (χ4n) is 3.84. The number of carbonyl (C=O) groups excluding carboxylic acids is 1. The molecule has 150 valence electrons. The Kier molecular flexibility index (Phi) is 6.98. The molecule has 1 aliphatic heterocycles. The van der Waals surface area contributed by atoms with Crippen LogP contribution in [0.5, 0.6) is 0 Å². The number of aryl methyl sites for hydroxylation is 2. The van der Waals surface area contributed by atoms with Crippen molar-refractivity contribution in [3.8, 4) is 0 Å². The first-order chi connectivity index (χ1) is 13.6. The molecular weight excluding hydrogens is 350 g/mol. The average Bonchev–Trinajstić information content (AvgIpc) is 2.70. The number of amides is 1. The van der Waals surface area contributed by atoms with Crippen LogP contribution in [0.3, 0.4) is 0 Å². The Morgan fingerprint density at radius 3 is 2.64 bits per heavy atom. The van der Waals surface area contributed by atoms with Crippen molar-refractivity contribution >= 4 is 11.7 Å². The Balaban J connectivity index is 1.60. The molecule has 0 spiro atoms. The maximum absolute atomic E-state index is 11.9. The summed E-state index contributed by atoms with van der Waals surface area (Å²) >= 11 is 0. The van der Waals surface area contributed by atoms with Gasteiger partial charge in [-0.25, -0.2) is 9.97 Å². The van der Waals surface area contributed by atoms with E-state index in [1.165, 1.54) is 5.56 Å². The summed E-state index contributed by atoms with van der Waals surface area (Å²) in [6.45, 7) is 5.95. The summed E-state index contributed by atoms with van der Waals surface area (Å²) in [5.41, 5.74) is 8.00. The number of hydrogen-bond donors (Lipinski definition) is 2. The third-order valence-corrected chi connectivity index (χ3v) is 5.34. The summed E-state index contributed by atoms with van der Waals surface area (Å²) in [7, 11) is 0. The minimum atomic E-state index is -0.337. The number of carbonyl (C=O) groups is 1. The van der Waals surface area contributed by atoms with E-state index in [0.29, 0.717) is 6.42 Å². The molecule has 2 heterocycles. The van der Waals surface area contributed by atoms with Crippen LogP contribution in [0.15, 0.2) is 36.5 Å². The molecule has 1 amide bonds. The van der Waals surface area contributed by atoms with E-state index in [0.717, 1.165) is 56.0 Å². The molecule has 6 nitrogen and oxygen atoms in total. The van der Waals surface area contributed by atoms with Gasteiger partial charge in [-0.15, -0.1) is 0 Å². The van der Waals surface area contributed by atoms with Crippen LogP contribution in [0.1, 0.15) is 43.1 Å². The van der Waals surface area contributed by atoms with Gasteiger partial charge in [0.1, 0.15) is 11.6 Å². The Morgan fingerprint density at radius 1 is 1.29 bits per heavy atom. The number of nitrogens with one attached hydrogen (secondary N) is 1. The van der Waals surface area contributed by atoms with Gasteiger partial charge in [-0.2, -0.15) is 0 Å². The van der Waals surface area contributed by atoms with Crippen LogP contribution >= 0.6 is 0 Å². The van der Waals surface area contributed by atoms with Crippen LogP contribution in [-0.4, -0.2) is 41.0 Å². The molecule has 6 heteroatoms. The number of piperidine rings is 1. The molecule has 0 radical (unpaired) electrons. The predicted molar refractivity (Wildman–Crippen MR) is 112 cm³/mol. The van der Waals surface area contributed by atoms with Gasteiger partial charge in [-0.05, 0) is 38.2 Å². The second-order valence-corrected chi connectivity index (χ2v) is 7.59. The molecule has 1 aromatic carbocycles. The molecule has 3 N–H and O–H groups in total. The van der Waals surface area contributed by atoms with E-state index < -0.39 is 0 Å². The van der Waals surface area contributed by atoms with E-state index in [4.69, 9.17) is 10.7 Å². The van der Waals surface area contributed by atoms with E-state index in [2.05, 4.69) is 22.1 Å². The van der Waals surface area contributed by atoms with Gasteiger partial charge in [-0.1, -0.05) is 43.7 Å². The normalized spacial score (nSPS) is 16.1. The average molecular weight is 382 g/mol. The molecule has 0 saturated carbocycles. The molecule has 2 aromatic rings. The van der Waals surface area contributed by atoms with Gasteiger partial charge in [0.2, 0.25) is 5.91 Å². The van der Waals surface area contributed by atoms with E-state index >= 15 is 0 Å². The number of anilines is 1. The Bertz CT molecular complexity index is 772. The number of hydrogen-bond acceptors (Lipinski definition) is 5. The van der Waals surface area contributed by atoms with Crippen LogP contribution in [0.4, 0.5) is 5.82 Å². The SMILES string of the molecule is CCCc1cnc(C)nc1N1CCC(N[C@@H](Cc2ccccc2)C(N)=O)CC1. The summed E-state index contributed by atoms with van der Waals surface area (Å²) in [6, 6.07) is 9.98. The van der Waals surface area contributed by atoms with Crippen LogP contribution in [-0.2, 0) is 17.6 Å². The lowest BCUT2D eigenvalue weighted by Gasteiger charge is -2.35. The first-order valence-electron chi connectivity index (χ1n) is 10.2. The summed E-state index contributed by atoms with van der Waals surface area (Å²) in [6.07, 6.45) is 6.60. The number of nitrogens with zero attached hydrogens (tertiary/aromatic N) is 3. The molecule has 0 unspecified atom stereocenters. The van der Waals surface area contributed by atoms with Gasteiger partial charge in [-0.3, -0.25) is 4.79 Å². The Hall–Kier alpha value is -2.47. The molecule has 3 rings (SSSR count). The molecule has 0 aliphatic carbocycles. The van der Waals surface area contributed by atoms with Crippen LogP contribution in [0.25, 0.3) is 0 Å². The molecule has 1 fully saturated rings. The van der Waals surface area contributed by atoms with Gasteiger partial charge >= 0.3 is 0 Å². The highest BCUT2D eigenvalue weighted by Gasteiger charge is 2.26. The standard InChI is InChI=1S/C22H31N5O/c1-3-7-18-15-24-16(2)25-22(18)27-12-10-19(11-13-27)26-20(21(23)28)14-17-8-5-4-6-9-17/h4-6,8-9,15,19-20,26H,3,7,10-14H2,1-2H3,(H2,23,28)/t20-/m0/s1. The van der Waals surface area contributed by atoms with Crippen molar-refractivity contribution in [1.29, 1.82) is 0 Å². The van der Waals surface area contributed by atoms with Crippen molar-refractivity contribution < 1.29 is 4.79 Å². The number of benzene rings is 1. The third-order valence-electron chi connectivity index (χ3n) is 5.34. The van der Waals surface area contributed by atoms with Crippen molar-refractivity contribution in [2.24, 2.45) is 5.73 Å². The minimum absolute atomic E-state index is 0.287. The zero-order valence-corrected chi connectivity index (χ0v) is 16.9. The van der Waals surface area contributed by atoms with Gasteiger partial charge in [0.15, 0.2) is 0 Å². The highest BCUT2D eigenvalue weighted by molar-refractivity contribution is 5.80. The van der Waals surface area contributed by atoms with Crippen LogP contribution in [0.2, 0.25) is 0 Å². The lowest BCUT2D eigenvalue weighted by molar-refractivity contribution is -0.120. The predicted octanol–water partition coefficient (Wildman–Crippen LogP) is 2.39. The summed E-state index contributed by atoms with van der Waals surface area (Å²) in [5, 5.41) is 3.49. The largest absolute Gasteiger partial charge is 0.368 e. The zero-order valence-electron chi connectivity index (χ0n) is 16.9. The van der Waals surface area contributed by atoms with Crippen molar-refractivity contribution in [1.82, 2.24) is 15.3 Å². The lowest BCUT2D eigenvalue weighted by Crippen LogP contribution is -2.51. The molecule has 0 bridgehead atoms.